The lowest BCUT2D eigenvalue weighted by Gasteiger charge is -2.01. The van der Waals surface area contributed by atoms with E-state index in [1.807, 2.05) is 6.92 Å². The third-order valence-corrected chi connectivity index (χ3v) is 2.43. The molecule has 0 aliphatic carbocycles. The second-order valence-electron chi connectivity index (χ2n) is 2.92. The number of aromatic nitrogens is 1. The van der Waals surface area contributed by atoms with Gasteiger partial charge in [0.2, 0.25) is 0 Å². The molecule has 1 aromatic rings. The molecule has 0 aromatic carbocycles. The number of hydrogen-bond acceptors (Lipinski definition) is 6. The Kier molecular flexibility index (Phi) is 4.65. The lowest BCUT2D eigenvalue weighted by Crippen LogP contribution is -2.25. The fourth-order valence-electron chi connectivity index (χ4n) is 0.971. The summed E-state index contributed by atoms with van der Waals surface area (Å²) in [4.78, 5) is 29.3. The molecule has 1 N–H and O–H groups in total. The van der Waals surface area contributed by atoms with Crippen molar-refractivity contribution < 1.29 is 14.7 Å². The first-order valence-corrected chi connectivity index (χ1v) is 5.45. The van der Waals surface area contributed by atoms with E-state index in [-0.39, 0.29) is 12.5 Å². The minimum Gasteiger partial charge on any atom is -0.351 e. The van der Waals surface area contributed by atoms with Crippen molar-refractivity contribution in [2.45, 2.75) is 13.3 Å². The second-order valence-corrected chi connectivity index (χ2v) is 3.98. The average molecular weight is 245 g/mol. The van der Waals surface area contributed by atoms with Crippen molar-refractivity contribution in [2.75, 3.05) is 13.2 Å². The van der Waals surface area contributed by atoms with Gasteiger partial charge in [0.05, 0.1) is 11.6 Å². The molecule has 0 bridgehead atoms. The van der Waals surface area contributed by atoms with Crippen LogP contribution >= 0.6 is 11.3 Å². The Morgan fingerprint density at radius 1 is 1.75 bits per heavy atom. The van der Waals surface area contributed by atoms with E-state index >= 15 is 0 Å². The van der Waals surface area contributed by atoms with Crippen LogP contribution in [0.2, 0.25) is 0 Å². The monoisotopic (exact) mass is 245 g/mol. The third kappa shape index (κ3) is 4.22. The SMILES string of the molecule is Cc1nc(C(=O)NCCCO[N+](=O)[O-])cs1. The number of carbonyl (C=O) groups excluding carboxylic acids is 1. The van der Waals surface area contributed by atoms with Gasteiger partial charge in [0.1, 0.15) is 5.69 Å². The van der Waals surface area contributed by atoms with E-state index in [9.17, 15) is 14.9 Å². The lowest BCUT2D eigenvalue weighted by atomic mass is 10.4. The van der Waals surface area contributed by atoms with Gasteiger partial charge in [-0.15, -0.1) is 21.5 Å². The zero-order valence-electron chi connectivity index (χ0n) is 8.63. The van der Waals surface area contributed by atoms with Gasteiger partial charge < -0.3 is 10.2 Å². The van der Waals surface area contributed by atoms with Gasteiger partial charge in [-0.2, -0.15) is 0 Å². The van der Waals surface area contributed by atoms with Crippen molar-refractivity contribution in [3.63, 3.8) is 0 Å². The van der Waals surface area contributed by atoms with Crippen molar-refractivity contribution in [1.82, 2.24) is 10.3 Å². The highest BCUT2D eigenvalue weighted by molar-refractivity contribution is 7.09. The van der Waals surface area contributed by atoms with E-state index in [2.05, 4.69) is 15.1 Å². The number of hydrogen-bond donors (Lipinski definition) is 1. The number of carbonyl (C=O) groups is 1. The lowest BCUT2D eigenvalue weighted by molar-refractivity contribution is -0.757. The summed E-state index contributed by atoms with van der Waals surface area (Å²) in [5, 5.41) is 14.0. The summed E-state index contributed by atoms with van der Waals surface area (Å²) in [6.45, 7) is 2.11. The summed E-state index contributed by atoms with van der Waals surface area (Å²) < 4.78 is 0. The van der Waals surface area contributed by atoms with Crippen molar-refractivity contribution in [3.05, 3.63) is 26.2 Å². The summed E-state index contributed by atoms with van der Waals surface area (Å²) in [6, 6.07) is 0. The van der Waals surface area contributed by atoms with Crippen LogP contribution in [0.25, 0.3) is 0 Å². The average Bonchev–Trinajstić information content (AvgIpc) is 2.63. The zero-order chi connectivity index (χ0) is 12.0. The van der Waals surface area contributed by atoms with Crippen molar-refractivity contribution >= 4 is 17.2 Å². The number of aryl methyl sites for hydroxylation is 1. The first-order chi connectivity index (χ1) is 7.59. The zero-order valence-corrected chi connectivity index (χ0v) is 9.45. The van der Waals surface area contributed by atoms with Crippen LogP contribution in [-0.4, -0.2) is 29.1 Å². The Morgan fingerprint density at radius 3 is 3.06 bits per heavy atom. The molecule has 1 aromatic heterocycles. The maximum absolute atomic E-state index is 11.4. The van der Waals surface area contributed by atoms with Crippen LogP contribution in [-0.2, 0) is 4.84 Å². The fourth-order valence-corrected chi connectivity index (χ4v) is 1.56. The van der Waals surface area contributed by atoms with Gasteiger partial charge in [-0.1, -0.05) is 0 Å². The second kappa shape index (κ2) is 6.01. The molecule has 0 atom stereocenters. The van der Waals surface area contributed by atoms with Gasteiger partial charge in [0, 0.05) is 11.9 Å². The molecule has 0 saturated heterocycles. The van der Waals surface area contributed by atoms with E-state index in [0.717, 1.165) is 5.01 Å². The van der Waals surface area contributed by atoms with E-state index in [1.165, 1.54) is 11.3 Å². The van der Waals surface area contributed by atoms with Crippen LogP contribution in [0.1, 0.15) is 21.9 Å². The Bertz CT molecular complexity index is 379. The largest absolute Gasteiger partial charge is 0.351 e. The topological polar surface area (TPSA) is 94.4 Å². The minimum absolute atomic E-state index is 0.0244. The number of nitrogens with one attached hydrogen (secondary N) is 1. The molecule has 0 fully saturated rings. The van der Waals surface area contributed by atoms with Crippen LogP contribution in [0.15, 0.2) is 5.38 Å². The number of thiazole rings is 1. The molecule has 8 heteroatoms. The van der Waals surface area contributed by atoms with Crippen LogP contribution in [0.4, 0.5) is 0 Å². The third-order valence-electron chi connectivity index (χ3n) is 1.66. The molecule has 0 unspecified atom stereocenters. The molecule has 0 aliphatic rings. The van der Waals surface area contributed by atoms with Gasteiger partial charge in [-0.05, 0) is 13.3 Å². The van der Waals surface area contributed by atoms with E-state index < -0.39 is 5.09 Å². The first-order valence-electron chi connectivity index (χ1n) is 4.57. The molecule has 0 spiro atoms. The normalized spacial score (nSPS) is 9.81. The summed E-state index contributed by atoms with van der Waals surface area (Å²) in [5.41, 5.74) is 0.373. The van der Waals surface area contributed by atoms with Crippen molar-refractivity contribution in [2.24, 2.45) is 0 Å². The summed E-state index contributed by atoms with van der Waals surface area (Å²) >= 11 is 1.39. The van der Waals surface area contributed by atoms with Crippen molar-refractivity contribution in [1.29, 1.82) is 0 Å². The van der Waals surface area contributed by atoms with Gasteiger partial charge >= 0.3 is 0 Å². The highest BCUT2D eigenvalue weighted by atomic mass is 32.1. The Morgan fingerprint density at radius 2 is 2.50 bits per heavy atom. The molecule has 88 valence electrons. The van der Waals surface area contributed by atoms with Crippen LogP contribution in [0.5, 0.6) is 0 Å². The molecule has 1 heterocycles. The fraction of sp³-hybridized carbons (Fsp3) is 0.500. The standard InChI is InChI=1S/C8H11N3O4S/c1-6-10-7(5-16-6)8(12)9-3-2-4-15-11(13)14/h5H,2-4H2,1H3,(H,9,12). The highest BCUT2D eigenvalue weighted by Crippen LogP contribution is 2.07. The molecule has 0 radical (unpaired) electrons. The summed E-state index contributed by atoms with van der Waals surface area (Å²) in [7, 11) is 0. The predicted molar refractivity (Wildman–Crippen MR) is 56.7 cm³/mol. The highest BCUT2D eigenvalue weighted by Gasteiger charge is 2.07. The molecular formula is C8H11N3O4S. The molecule has 0 aliphatic heterocycles. The molecule has 0 saturated carbocycles. The molecule has 16 heavy (non-hydrogen) atoms. The van der Waals surface area contributed by atoms with E-state index in [0.29, 0.717) is 18.7 Å². The van der Waals surface area contributed by atoms with Crippen LogP contribution in [0.3, 0.4) is 0 Å². The Hall–Kier alpha value is -1.70. The van der Waals surface area contributed by atoms with E-state index in [4.69, 9.17) is 0 Å². The molecule has 1 rings (SSSR count). The maximum atomic E-state index is 11.4. The quantitative estimate of drug-likeness (QED) is 0.454. The first kappa shape index (κ1) is 12.4. The Balaban J connectivity index is 2.18. The Labute approximate surface area is 95.5 Å². The molecular weight excluding hydrogens is 234 g/mol. The number of rotatable bonds is 6. The minimum atomic E-state index is -0.856. The van der Waals surface area contributed by atoms with Crippen LogP contribution < -0.4 is 5.32 Å². The molecule has 7 nitrogen and oxygen atoms in total. The van der Waals surface area contributed by atoms with Gasteiger partial charge in [-0.25, -0.2) is 4.98 Å². The van der Waals surface area contributed by atoms with Gasteiger partial charge in [-0.3, -0.25) is 4.79 Å². The molecule has 1 amide bonds. The maximum Gasteiger partial charge on any atom is 0.294 e. The number of amides is 1. The van der Waals surface area contributed by atoms with Crippen molar-refractivity contribution in [3.8, 4) is 0 Å². The predicted octanol–water partition coefficient (Wildman–Crippen LogP) is 0.780. The van der Waals surface area contributed by atoms with E-state index in [1.54, 1.807) is 5.38 Å². The van der Waals surface area contributed by atoms with Gasteiger partial charge in [0.15, 0.2) is 0 Å². The summed E-state index contributed by atoms with van der Waals surface area (Å²) in [6.07, 6.45) is 0.385. The smallest absolute Gasteiger partial charge is 0.294 e. The summed E-state index contributed by atoms with van der Waals surface area (Å²) in [5.74, 6) is -0.273. The van der Waals surface area contributed by atoms with Gasteiger partial charge in [0.25, 0.3) is 11.0 Å². The number of nitrogens with zero attached hydrogens (tertiary/aromatic N) is 2. The van der Waals surface area contributed by atoms with Crippen LogP contribution in [0, 0.1) is 17.0 Å².